The van der Waals surface area contributed by atoms with Gasteiger partial charge in [0.15, 0.2) is 0 Å². The first-order chi connectivity index (χ1) is 8.75. The Morgan fingerprint density at radius 3 is 2.47 bits per heavy atom. The molecular weight excluding hydrogens is 242 g/mol. The molecule has 108 valence electrons. The molecular formula is C15H25NO3. The highest BCUT2D eigenvalue weighted by Gasteiger charge is 2.48. The number of piperidine rings is 1. The molecule has 0 aromatic carbocycles. The normalized spacial score (nSPS) is 38.5. The van der Waals surface area contributed by atoms with E-state index < -0.39 is 11.9 Å². The van der Waals surface area contributed by atoms with Crippen molar-refractivity contribution in [2.75, 3.05) is 0 Å². The molecule has 4 atom stereocenters. The molecule has 1 aliphatic heterocycles. The number of nitrogens with zero attached hydrogens (tertiary/aromatic N) is 1. The van der Waals surface area contributed by atoms with Gasteiger partial charge in [0.2, 0.25) is 5.91 Å². The summed E-state index contributed by atoms with van der Waals surface area (Å²) in [7, 11) is 0. The lowest BCUT2D eigenvalue weighted by atomic mass is 9.77. The van der Waals surface area contributed by atoms with E-state index in [1.807, 2.05) is 18.7 Å². The predicted octanol–water partition coefficient (Wildman–Crippen LogP) is 2.52. The molecule has 2 rings (SSSR count). The van der Waals surface area contributed by atoms with Crippen LogP contribution in [0.5, 0.6) is 0 Å². The maximum Gasteiger partial charge on any atom is 0.308 e. The van der Waals surface area contributed by atoms with Crippen molar-refractivity contribution in [2.45, 2.75) is 65.5 Å². The van der Waals surface area contributed by atoms with Crippen LogP contribution in [0, 0.1) is 17.3 Å². The van der Waals surface area contributed by atoms with Gasteiger partial charge < -0.3 is 10.0 Å². The van der Waals surface area contributed by atoms with Crippen LogP contribution in [0.3, 0.4) is 0 Å². The Kier molecular flexibility index (Phi) is 3.63. The third kappa shape index (κ3) is 2.37. The summed E-state index contributed by atoms with van der Waals surface area (Å²) in [6, 6.07) is 0.000440. The van der Waals surface area contributed by atoms with Gasteiger partial charge in [0.25, 0.3) is 0 Å². The number of aliphatic carboxylic acids is 1. The molecule has 0 spiro atoms. The smallest absolute Gasteiger partial charge is 0.308 e. The second-order valence-corrected chi connectivity index (χ2v) is 6.98. The van der Waals surface area contributed by atoms with Gasteiger partial charge in [0.05, 0.1) is 5.92 Å². The van der Waals surface area contributed by atoms with Gasteiger partial charge in [-0.2, -0.15) is 0 Å². The first kappa shape index (κ1) is 14.4. The highest BCUT2D eigenvalue weighted by atomic mass is 16.4. The Bertz CT molecular complexity index is 391. The molecule has 1 aliphatic carbocycles. The number of rotatable bonds is 2. The molecule has 1 N–H and O–H groups in total. The number of carbonyl (C=O) groups is 2. The lowest BCUT2D eigenvalue weighted by Gasteiger charge is -2.47. The molecule has 0 aromatic heterocycles. The topological polar surface area (TPSA) is 57.6 Å². The number of amides is 1. The molecule has 0 aromatic rings. The fraction of sp³-hybridized carbons (Fsp3) is 0.867. The van der Waals surface area contributed by atoms with Crippen LogP contribution in [0.1, 0.15) is 53.4 Å². The number of hydrogen-bond acceptors (Lipinski definition) is 2. The summed E-state index contributed by atoms with van der Waals surface area (Å²) >= 11 is 0. The molecule has 2 fully saturated rings. The Morgan fingerprint density at radius 1 is 1.37 bits per heavy atom. The van der Waals surface area contributed by atoms with Crippen LogP contribution in [0.2, 0.25) is 0 Å². The maximum absolute atomic E-state index is 12.4. The van der Waals surface area contributed by atoms with Gasteiger partial charge in [-0.1, -0.05) is 27.2 Å². The quantitative estimate of drug-likeness (QED) is 0.836. The van der Waals surface area contributed by atoms with Crippen molar-refractivity contribution in [3.63, 3.8) is 0 Å². The van der Waals surface area contributed by atoms with Gasteiger partial charge in [0, 0.05) is 18.5 Å². The van der Waals surface area contributed by atoms with Gasteiger partial charge in [-0.25, -0.2) is 0 Å². The van der Waals surface area contributed by atoms with E-state index in [0.29, 0.717) is 6.42 Å². The van der Waals surface area contributed by atoms with E-state index in [9.17, 15) is 14.7 Å². The zero-order valence-corrected chi connectivity index (χ0v) is 12.3. The van der Waals surface area contributed by atoms with Crippen molar-refractivity contribution in [3.8, 4) is 0 Å². The van der Waals surface area contributed by atoms with Crippen LogP contribution in [0.25, 0.3) is 0 Å². The number of carboxylic acids is 1. The summed E-state index contributed by atoms with van der Waals surface area (Å²) in [6.07, 6.45) is 3.61. The molecule has 0 bridgehead atoms. The predicted molar refractivity (Wildman–Crippen MR) is 72.6 cm³/mol. The SMILES string of the molecule is CC1CC(=O)N(C2CCCC2(C)C)C(C)C1C(=O)O. The third-order valence-electron chi connectivity index (χ3n) is 5.18. The fourth-order valence-electron chi connectivity index (χ4n) is 4.11. The summed E-state index contributed by atoms with van der Waals surface area (Å²) in [5, 5.41) is 9.42. The van der Waals surface area contributed by atoms with Gasteiger partial charge in [-0.3, -0.25) is 9.59 Å². The van der Waals surface area contributed by atoms with Crippen molar-refractivity contribution >= 4 is 11.9 Å². The summed E-state index contributed by atoms with van der Waals surface area (Å²) in [5.41, 5.74) is 0.105. The van der Waals surface area contributed by atoms with Crippen LogP contribution in [0.4, 0.5) is 0 Å². The van der Waals surface area contributed by atoms with Gasteiger partial charge in [-0.05, 0) is 31.1 Å². The lowest BCUT2D eigenvalue weighted by molar-refractivity contribution is -0.158. The second-order valence-electron chi connectivity index (χ2n) is 6.98. The van der Waals surface area contributed by atoms with E-state index in [1.165, 1.54) is 0 Å². The summed E-state index contributed by atoms with van der Waals surface area (Å²) in [4.78, 5) is 25.8. The highest BCUT2D eigenvalue weighted by Crippen LogP contribution is 2.44. The molecule has 1 saturated carbocycles. The zero-order chi connectivity index (χ0) is 14.4. The van der Waals surface area contributed by atoms with E-state index in [4.69, 9.17) is 0 Å². The molecule has 1 saturated heterocycles. The molecule has 4 heteroatoms. The number of hydrogen-bond donors (Lipinski definition) is 1. The average Bonchev–Trinajstić information content (AvgIpc) is 2.57. The average molecular weight is 267 g/mol. The van der Waals surface area contributed by atoms with E-state index in [0.717, 1.165) is 19.3 Å². The molecule has 19 heavy (non-hydrogen) atoms. The first-order valence-corrected chi connectivity index (χ1v) is 7.29. The zero-order valence-electron chi connectivity index (χ0n) is 12.3. The van der Waals surface area contributed by atoms with E-state index in [-0.39, 0.29) is 29.3 Å². The summed E-state index contributed by atoms with van der Waals surface area (Å²) in [5.74, 6) is -1.14. The lowest BCUT2D eigenvalue weighted by Crippen LogP contribution is -2.58. The number of likely N-dealkylation sites (tertiary alicyclic amines) is 1. The minimum Gasteiger partial charge on any atom is -0.481 e. The van der Waals surface area contributed by atoms with Crippen LogP contribution < -0.4 is 0 Å². The molecule has 1 amide bonds. The van der Waals surface area contributed by atoms with Crippen LogP contribution in [-0.2, 0) is 9.59 Å². The molecule has 4 nitrogen and oxygen atoms in total. The minimum atomic E-state index is -0.770. The van der Waals surface area contributed by atoms with Gasteiger partial charge in [0.1, 0.15) is 0 Å². The standard InChI is InChI=1S/C15H25NO3/c1-9-8-12(17)16(10(2)13(9)14(18)19)11-6-5-7-15(11,3)4/h9-11,13H,5-8H2,1-4H3,(H,18,19). The number of carbonyl (C=O) groups excluding carboxylic acids is 1. The largest absolute Gasteiger partial charge is 0.481 e. The van der Waals surface area contributed by atoms with Crippen molar-refractivity contribution in [2.24, 2.45) is 17.3 Å². The van der Waals surface area contributed by atoms with Crippen molar-refractivity contribution in [1.29, 1.82) is 0 Å². The molecule has 2 aliphatic rings. The molecule has 4 unspecified atom stereocenters. The van der Waals surface area contributed by atoms with Gasteiger partial charge >= 0.3 is 5.97 Å². The Labute approximate surface area is 115 Å². The first-order valence-electron chi connectivity index (χ1n) is 7.29. The monoisotopic (exact) mass is 267 g/mol. The van der Waals surface area contributed by atoms with Crippen LogP contribution in [-0.4, -0.2) is 34.0 Å². The Morgan fingerprint density at radius 2 is 2.00 bits per heavy atom. The van der Waals surface area contributed by atoms with E-state index >= 15 is 0 Å². The second kappa shape index (κ2) is 4.80. The fourth-order valence-corrected chi connectivity index (χ4v) is 4.11. The van der Waals surface area contributed by atoms with Crippen molar-refractivity contribution in [3.05, 3.63) is 0 Å². The van der Waals surface area contributed by atoms with E-state index in [2.05, 4.69) is 13.8 Å². The third-order valence-corrected chi connectivity index (χ3v) is 5.18. The highest BCUT2D eigenvalue weighted by molar-refractivity contribution is 5.82. The van der Waals surface area contributed by atoms with Crippen LogP contribution >= 0.6 is 0 Å². The molecule has 1 heterocycles. The van der Waals surface area contributed by atoms with Crippen molar-refractivity contribution < 1.29 is 14.7 Å². The summed E-state index contributed by atoms with van der Waals surface area (Å²) in [6.45, 7) is 8.17. The summed E-state index contributed by atoms with van der Waals surface area (Å²) < 4.78 is 0. The van der Waals surface area contributed by atoms with E-state index in [1.54, 1.807) is 0 Å². The number of carboxylic acid groups (broad SMARTS) is 1. The van der Waals surface area contributed by atoms with Gasteiger partial charge in [-0.15, -0.1) is 0 Å². The minimum absolute atomic E-state index is 0.0687. The van der Waals surface area contributed by atoms with Crippen LogP contribution in [0.15, 0.2) is 0 Å². The Balaban J connectivity index is 2.28. The Hall–Kier alpha value is -1.06. The van der Waals surface area contributed by atoms with Crippen molar-refractivity contribution in [1.82, 2.24) is 4.90 Å². The maximum atomic E-state index is 12.4. The molecule has 0 radical (unpaired) electrons.